The Morgan fingerprint density at radius 2 is 1.68 bits per heavy atom. The molecule has 0 aliphatic carbocycles. The fourth-order valence-electron chi connectivity index (χ4n) is 3.52. The van der Waals surface area contributed by atoms with Crippen LogP contribution in [0.25, 0.3) is 9.88 Å². The number of nitrogens with one attached hydrogen (secondary N) is 1. The van der Waals surface area contributed by atoms with E-state index in [1.807, 2.05) is 33.7 Å². The molecular weight excluding hydrogens is 515 g/mol. The van der Waals surface area contributed by atoms with E-state index in [4.69, 9.17) is 9.54 Å². The van der Waals surface area contributed by atoms with Crippen molar-refractivity contribution in [1.29, 1.82) is 0 Å². The molecule has 1 unspecified atom stereocenters. The number of rotatable bonds is 9. The molecule has 0 aliphatic rings. The lowest BCUT2D eigenvalue weighted by atomic mass is 10.0. The zero-order valence-electron chi connectivity index (χ0n) is 17.9. The lowest BCUT2D eigenvalue weighted by molar-refractivity contribution is 0.489. The smallest absolute Gasteiger partial charge is 0.269 e. The molecule has 0 fully saturated rings. The van der Waals surface area contributed by atoms with Crippen LogP contribution in [0.4, 0.5) is 11.4 Å². The van der Waals surface area contributed by atoms with Gasteiger partial charge < -0.3 is 0 Å². The van der Waals surface area contributed by atoms with E-state index in [1.165, 1.54) is 34.0 Å². The van der Waals surface area contributed by atoms with Crippen LogP contribution < -0.4 is 9.03 Å². The van der Waals surface area contributed by atoms with Gasteiger partial charge in [-0.1, -0.05) is 36.4 Å². The normalized spacial score (nSPS) is 12.9. The molecule has 12 heteroatoms. The summed E-state index contributed by atoms with van der Waals surface area (Å²) in [5.74, 6) is 0. The Labute approximate surface area is 206 Å². The second-order valence-electron chi connectivity index (χ2n) is 7.44. The van der Waals surface area contributed by atoms with Crippen molar-refractivity contribution in [2.75, 3.05) is 15.3 Å². The van der Waals surface area contributed by atoms with Gasteiger partial charge in [-0.2, -0.15) is 8.42 Å². The minimum Gasteiger partial charge on any atom is -0.269 e. The number of para-hydroxylation sites is 1. The Bertz CT molecular complexity index is 1450. The number of thiophene rings is 1. The predicted molar refractivity (Wildman–Crippen MR) is 137 cm³/mol. The summed E-state index contributed by atoms with van der Waals surface area (Å²) in [6.07, 6.45) is 1.46. The first-order valence-corrected chi connectivity index (χ1v) is 15.0. The van der Waals surface area contributed by atoms with Crippen molar-refractivity contribution in [3.63, 3.8) is 0 Å². The molecule has 0 spiro atoms. The molecular formula is C22H21N3O5S4. The Morgan fingerprint density at radius 1 is 0.971 bits per heavy atom. The molecule has 2 N–H and O–H groups in total. The Balaban J connectivity index is 1.75. The highest BCUT2D eigenvalue weighted by Gasteiger charge is 2.31. The van der Waals surface area contributed by atoms with Gasteiger partial charge in [-0.3, -0.25) is 13.6 Å². The summed E-state index contributed by atoms with van der Waals surface area (Å²) in [5, 5.41) is 4.64. The van der Waals surface area contributed by atoms with Crippen molar-refractivity contribution in [2.45, 2.75) is 12.5 Å². The summed E-state index contributed by atoms with van der Waals surface area (Å²) in [6, 6.07) is 18.5. The van der Waals surface area contributed by atoms with E-state index in [-0.39, 0.29) is 5.69 Å². The third kappa shape index (κ3) is 6.02. The van der Waals surface area contributed by atoms with Gasteiger partial charge in [0.15, 0.2) is 0 Å². The SMILES string of the molecule is CS(=O)(=O)N(c1ccccc1)C(Cc1ccc(NS(=O)(=O)O)cc1)c1csc(-c2cccs2)n1. The van der Waals surface area contributed by atoms with Gasteiger partial charge in [0.2, 0.25) is 10.0 Å². The first kappa shape index (κ1) is 24.4. The highest BCUT2D eigenvalue weighted by molar-refractivity contribution is 7.92. The standard InChI is InChI=1S/C22H21N3O5S4/c1-33(26,27)25(18-6-3-2-4-7-18)20(19-15-32-22(23-19)21-8-5-13-31-21)14-16-9-11-17(12-10-16)24-34(28,29)30/h2-13,15,20,24H,14H2,1H3,(H,28,29,30). The average Bonchev–Trinajstić information content (AvgIpc) is 3.45. The number of hydrogen-bond donors (Lipinski definition) is 2. The predicted octanol–water partition coefficient (Wildman–Crippen LogP) is 4.84. The summed E-state index contributed by atoms with van der Waals surface area (Å²) >= 11 is 3.01. The van der Waals surface area contributed by atoms with Crippen molar-refractivity contribution >= 4 is 54.4 Å². The molecule has 4 aromatic rings. The Morgan fingerprint density at radius 3 is 2.26 bits per heavy atom. The number of benzene rings is 2. The molecule has 2 aromatic carbocycles. The first-order chi connectivity index (χ1) is 16.1. The van der Waals surface area contributed by atoms with Gasteiger partial charge in [-0.05, 0) is 47.7 Å². The molecule has 0 amide bonds. The molecule has 178 valence electrons. The van der Waals surface area contributed by atoms with Crippen molar-refractivity contribution in [3.8, 4) is 9.88 Å². The highest BCUT2D eigenvalue weighted by atomic mass is 32.2. The van der Waals surface area contributed by atoms with Crippen molar-refractivity contribution < 1.29 is 21.4 Å². The van der Waals surface area contributed by atoms with Gasteiger partial charge in [0.05, 0.1) is 34.2 Å². The summed E-state index contributed by atoms with van der Waals surface area (Å²) in [4.78, 5) is 5.77. The summed E-state index contributed by atoms with van der Waals surface area (Å²) in [5.41, 5.74) is 2.09. The lowest BCUT2D eigenvalue weighted by Crippen LogP contribution is -2.35. The maximum absolute atomic E-state index is 13.0. The lowest BCUT2D eigenvalue weighted by Gasteiger charge is -2.31. The molecule has 0 saturated heterocycles. The quantitative estimate of drug-likeness (QED) is 0.296. The molecule has 2 aromatic heterocycles. The van der Waals surface area contributed by atoms with Gasteiger partial charge in [0.25, 0.3) is 0 Å². The topological polar surface area (TPSA) is 117 Å². The van der Waals surface area contributed by atoms with E-state index in [0.717, 1.165) is 15.4 Å². The molecule has 1 atom stereocenters. The van der Waals surface area contributed by atoms with E-state index < -0.39 is 26.4 Å². The third-order valence-electron chi connectivity index (χ3n) is 4.88. The van der Waals surface area contributed by atoms with E-state index >= 15 is 0 Å². The number of aromatic nitrogens is 1. The fourth-order valence-corrected chi connectivity index (χ4v) is 6.78. The van der Waals surface area contributed by atoms with Crippen LogP contribution in [0.5, 0.6) is 0 Å². The molecule has 0 saturated carbocycles. The van der Waals surface area contributed by atoms with Crippen LogP contribution in [0.15, 0.2) is 77.5 Å². The number of anilines is 2. The number of sulfonamides is 1. The van der Waals surface area contributed by atoms with Gasteiger partial charge >= 0.3 is 10.3 Å². The molecule has 4 rings (SSSR count). The average molecular weight is 536 g/mol. The summed E-state index contributed by atoms with van der Waals surface area (Å²) in [7, 11) is -8.08. The second-order valence-corrected chi connectivity index (χ2v) is 12.3. The van der Waals surface area contributed by atoms with E-state index in [0.29, 0.717) is 17.8 Å². The zero-order valence-corrected chi connectivity index (χ0v) is 21.2. The summed E-state index contributed by atoms with van der Waals surface area (Å²) in [6.45, 7) is 0. The van der Waals surface area contributed by atoms with E-state index in [1.54, 1.807) is 47.7 Å². The molecule has 2 heterocycles. The van der Waals surface area contributed by atoms with Crippen LogP contribution in [-0.2, 0) is 26.7 Å². The fraction of sp³-hybridized carbons (Fsp3) is 0.136. The third-order valence-corrected chi connectivity index (χ3v) is 8.45. The van der Waals surface area contributed by atoms with Crippen LogP contribution in [0.1, 0.15) is 17.3 Å². The van der Waals surface area contributed by atoms with Crippen molar-refractivity contribution in [2.24, 2.45) is 0 Å². The number of thiazole rings is 1. The molecule has 34 heavy (non-hydrogen) atoms. The second kappa shape index (κ2) is 9.84. The summed E-state index contributed by atoms with van der Waals surface area (Å²) < 4.78 is 60.5. The van der Waals surface area contributed by atoms with Gasteiger partial charge in [0.1, 0.15) is 5.01 Å². The van der Waals surface area contributed by atoms with Crippen LogP contribution in [0, 0.1) is 0 Å². The van der Waals surface area contributed by atoms with Crippen LogP contribution in [-0.4, -0.2) is 32.6 Å². The van der Waals surface area contributed by atoms with Gasteiger partial charge in [-0.15, -0.1) is 22.7 Å². The number of hydrogen-bond acceptors (Lipinski definition) is 7. The molecule has 0 radical (unpaired) electrons. The van der Waals surface area contributed by atoms with Crippen LogP contribution >= 0.6 is 22.7 Å². The first-order valence-electron chi connectivity index (χ1n) is 9.98. The maximum atomic E-state index is 13.0. The Kier molecular flexibility index (Phi) is 7.05. The Hall–Kier alpha value is -2.77. The van der Waals surface area contributed by atoms with Gasteiger partial charge in [0, 0.05) is 5.38 Å². The highest BCUT2D eigenvalue weighted by Crippen LogP contribution is 2.36. The number of nitrogens with zero attached hydrogens (tertiary/aromatic N) is 2. The van der Waals surface area contributed by atoms with E-state index in [9.17, 15) is 16.8 Å². The monoisotopic (exact) mass is 535 g/mol. The minimum atomic E-state index is -4.39. The molecule has 8 nitrogen and oxygen atoms in total. The van der Waals surface area contributed by atoms with Crippen molar-refractivity contribution in [1.82, 2.24) is 4.98 Å². The molecule has 0 aliphatic heterocycles. The van der Waals surface area contributed by atoms with Crippen LogP contribution in [0.2, 0.25) is 0 Å². The van der Waals surface area contributed by atoms with Crippen LogP contribution in [0.3, 0.4) is 0 Å². The largest absolute Gasteiger partial charge is 0.357 e. The van der Waals surface area contributed by atoms with Crippen molar-refractivity contribution in [3.05, 3.63) is 88.7 Å². The van der Waals surface area contributed by atoms with E-state index in [2.05, 4.69) is 0 Å². The molecule has 0 bridgehead atoms. The minimum absolute atomic E-state index is 0.194. The maximum Gasteiger partial charge on any atom is 0.357 e. The zero-order chi connectivity index (χ0) is 24.3. The van der Waals surface area contributed by atoms with Gasteiger partial charge in [-0.25, -0.2) is 13.4 Å².